The summed E-state index contributed by atoms with van der Waals surface area (Å²) in [6.45, 7) is 6.67. The Balaban J connectivity index is 2.32. The molecular formula is C17H26N2O. The molecule has 0 radical (unpaired) electrons. The first kappa shape index (κ1) is 16.3. The highest BCUT2D eigenvalue weighted by Gasteiger charge is 2.04. The molecule has 0 fully saturated rings. The number of anilines is 1. The normalized spacial score (nSPS) is 10.2. The number of allylic oxidation sites excluding steroid dienone is 1. The molecule has 3 heteroatoms. The number of nitrogens with zero attached hydrogens (tertiary/aromatic N) is 1. The van der Waals surface area contributed by atoms with E-state index >= 15 is 0 Å². The number of hydrogen-bond acceptors (Lipinski definition) is 3. The van der Waals surface area contributed by atoms with Crippen LogP contribution >= 0.6 is 0 Å². The van der Waals surface area contributed by atoms with Gasteiger partial charge in [0.05, 0.1) is 0 Å². The quantitative estimate of drug-likeness (QED) is 0.748. The third kappa shape index (κ3) is 5.91. The van der Waals surface area contributed by atoms with Crippen LogP contribution in [0, 0.1) is 0 Å². The van der Waals surface area contributed by atoms with Gasteiger partial charge in [-0.3, -0.25) is 0 Å². The summed E-state index contributed by atoms with van der Waals surface area (Å²) < 4.78 is 0. The first-order valence-corrected chi connectivity index (χ1v) is 7.18. The predicted molar refractivity (Wildman–Crippen MR) is 86.0 cm³/mol. The fourth-order valence-electron chi connectivity index (χ4n) is 2.04. The third-order valence-electron chi connectivity index (χ3n) is 3.51. The van der Waals surface area contributed by atoms with E-state index in [9.17, 15) is 4.79 Å². The second-order valence-corrected chi connectivity index (χ2v) is 5.24. The Kier molecular flexibility index (Phi) is 6.85. The number of nitrogens with one attached hydrogen (secondary N) is 1. The molecule has 0 bridgehead atoms. The second-order valence-electron chi connectivity index (χ2n) is 5.24. The Hall–Kier alpha value is -1.77. The van der Waals surface area contributed by atoms with Crippen molar-refractivity contribution < 1.29 is 4.79 Å². The van der Waals surface area contributed by atoms with Crippen LogP contribution in [0.2, 0.25) is 0 Å². The molecule has 0 aromatic heterocycles. The van der Waals surface area contributed by atoms with Gasteiger partial charge in [-0.15, -0.1) is 0 Å². The molecule has 0 unspecified atom stereocenters. The van der Waals surface area contributed by atoms with Crippen molar-refractivity contribution in [2.75, 3.05) is 26.0 Å². The maximum atomic E-state index is 10.9. The van der Waals surface area contributed by atoms with Gasteiger partial charge in [-0.25, -0.2) is 0 Å². The third-order valence-corrected chi connectivity index (χ3v) is 3.51. The van der Waals surface area contributed by atoms with E-state index in [2.05, 4.69) is 41.1 Å². The number of carbonyl (C=O) groups excluding carboxylic acids is 1. The Labute approximate surface area is 122 Å². The molecule has 0 heterocycles. The number of aryl methyl sites for hydroxylation is 1. The minimum Gasteiger partial charge on any atom is -0.388 e. The van der Waals surface area contributed by atoms with E-state index < -0.39 is 0 Å². The van der Waals surface area contributed by atoms with Crippen LogP contribution in [0.25, 0.3) is 0 Å². The van der Waals surface area contributed by atoms with E-state index in [-0.39, 0.29) is 5.78 Å². The van der Waals surface area contributed by atoms with Gasteiger partial charge < -0.3 is 15.0 Å². The molecule has 0 saturated heterocycles. The number of benzene rings is 1. The van der Waals surface area contributed by atoms with Crippen molar-refractivity contribution in [3.05, 3.63) is 42.1 Å². The highest BCUT2D eigenvalue weighted by molar-refractivity contribution is 5.75. The van der Waals surface area contributed by atoms with Crippen LogP contribution in [0.1, 0.15) is 31.7 Å². The van der Waals surface area contributed by atoms with E-state index in [1.807, 2.05) is 14.1 Å². The number of rotatable bonds is 9. The zero-order chi connectivity index (χ0) is 15.0. The molecule has 3 nitrogen and oxygen atoms in total. The zero-order valence-electron chi connectivity index (χ0n) is 12.9. The average molecular weight is 274 g/mol. The fourth-order valence-corrected chi connectivity index (χ4v) is 2.04. The molecule has 0 amide bonds. The van der Waals surface area contributed by atoms with Crippen LogP contribution in [0.5, 0.6) is 0 Å². The molecular weight excluding hydrogens is 248 g/mol. The van der Waals surface area contributed by atoms with Crippen molar-refractivity contribution in [3.63, 3.8) is 0 Å². The summed E-state index contributed by atoms with van der Waals surface area (Å²) in [5.74, 6) is 0.258. The Morgan fingerprint density at radius 2 is 1.90 bits per heavy atom. The van der Waals surface area contributed by atoms with Gasteiger partial charge in [-0.2, -0.15) is 0 Å². The standard InChI is InChI=1S/C17H26N2O/c1-14(19(4)13-5-6-15(2)20)7-8-16-9-11-17(18-3)12-10-16/h9-12,18H,1,5-8,13H2,2-4H3. The van der Waals surface area contributed by atoms with Crippen molar-refractivity contribution in [1.29, 1.82) is 0 Å². The summed E-state index contributed by atoms with van der Waals surface area (Å²) in [6.07, 6.45) is 3.51. The molecule has 1 aromatic rings. The highest BCUT2D eigenvalue weighted by atomic mass is 16.1. The van der Waals surface area contributed by atoms with Crippen molar-refractivity contribution in [3.8, 4) is 0 Å². The highest BCUT2D eigenvalue weighted by Crippen LogP contribution is 2.14. The summed E-state index contributed by atoms with van der Waals surface area (Å²) >= 11 is 0. The van der Waals surface area contributed by atoms with Gasteiger partial charge in [-0.1, -0.05) is 18.7 Å². The van der Waals surface area contributed by atoms with Gasteiger partial charge in [0.25, 0.3) is 0 Å². The van der Waals surface area contributed by atoms with Crippen molar-refractivity contribution in [2.24, 2.45) is 0 Å². The SMILES string of the molecule is C=C(CCc1ccc(NC)cc1)N(C)CCCC(C)=O. The van der Waals surface area contributed by atoms with Gasteiger partial charge >= 0.3 is 0 Å². The maximum Gasteiger partial charge on any atom is 0.129 e. The van der Waals surface area contributed by atoms with Crippen LogP contribution in [-0.4, -0.2) is 31.3 Å². The second kappa shape index (κ2) is 8.41. The lowest BCUT2D eigenvalue weighted by atomic mass is 10.1. The minimum atomic E-state index is 0.258. The molecule has 0 atom stereocenters. The van der Waals surface area contributed by atoms with E-state index in [0.29, 0.717) is 6.42 Å². The van der Waals surface area contributed by atoms with Crippen molar-refractivity contribution >= 4 is 11.5 Å². The topological polar surface area (TPSA) is 32.3 Å². The number of carbonyl (C=O) groups is 1. The summed E-state index contributed by atoms with van der Waals surface area (Å²) in [6, 6.07) is 8.48. The number of Topliss-reactive ketones (excluding diaryl/α,β-unsaturated/α-hetero) is 1. The number of hydrogen-bond donors (Lipinski definition) is 1. The Morgan fingerprint density at radius 3 is 2.45 bits per heavy atom. The van der Waals surface area contributed by atoms with E-state index in [1.165, 1.54) is 5.56 Å². The Bertz CT molecular complexity index is 437. The fraction of sp³-hybridized carbons (Fsp3) is 0.471. The van der Waals surface area contributed by atoms with Gasteiger partial charge in [0.15, 0.2) is 0 Å². The van der Waals surface area contributed by atoms with E-state index in [0.717, 1.165) is 37.2 Å². The average Bonchev–Trinajstić information content (AvgIpc) is 2.44. The van der Waals surface area contributed by atoms with E-state index in [1.54, 1.807) is 6.92 Å². The van der Waals surface area contributed by atoms with E-state index in [4.69, 9.17) is 0 Å². The lowest BCUT2D eigenvalue weighted by molar-refractivity contribution is -0.117. The first-order valence-electron chi connectivity index (χ1n) is 7.18. The van der Waals surface area contributed by atoms with Crippen LogP contribution < -0.4 is 5.32 Å². The van der Waals surface area contributed by atoms with Crippen LogP contribution in [0.3, 0.4) is 0 Å². The summed E-state index contributed by atoms with van der Waals surface area (Å²) in [7, 11) is 3.97. The smallest absolute Gasteiger partial charge is 0.129 e. The molecule has 110 valence electrons. The molecule has 0 aliphatic carbocycles. The number of ketones is 1. The van der Waals surface area contributed by atoms with Crippen molar-refractivity contribution in [1.82, 2.24) is 4.90 Å². The summed E-state index contributed by atoms with van der Waals surface area (Å²) in [5, 5.41) is 3.12. The molecule has 0 aliphatic heterocycles. The summed E-state index contributed by atoms with van der Waals surface area (Å²) in [4.78, 5) is 13.1. The van der Waals surface area contributed by atoms with Crippen LogP contribution in [-0.2, 0) is 11.2 Å². The lowest BCUT2D eigenvalue weighted by Gasteiger charge is -2.21. The largest absolute Gasteiger partial charge is 0.388 e. The minimum absolute atomic E-state index is 0.258. The van der Waals surface area contributed by atoms with Gasteiger partial charge in [0.1, 0.15) is 5.78 Å². The lowest BCUT2D eigenvalue weighted by Crippen LogP contribution is -2.19. The van der Waals surface area contributed by atoms with Gasteiger partial charge in [0, 0.05) is 38.4 Å². The van der Waals surface area contributed by atoms with Crippen LogP contribution in [0.15, 0.2) is 36.5 Å². The first-order chi connectivity index (χ1) is 9.52. The molecule has 1 N–H and O–H groups in total. The molecule has 0 saturated carbocycles. The summed E-state index contributed by atoms with van der Waals surface area (Å²) in [5.41, 5.74) is 3.59. The molecule has 1 rings (SSSR count). The van der Waals surface area contributed by atoms with Gasteiger partial charge in [-0.05, 0) is 43.9 Å². The molecule has 0 spiro atoms. The monoisotopic (exact) mass is 274 g/mol. The van der Waals surface area contributed by atoms with Crippen LogP contribution in [0.4, 0.5) is 5.69 Å². The van der Waals surface area contributed by atoms with Gasteiger partial charge in [0.2, 0.25) is 0 Å². The molecule has 1 aromatic carbocycles. The molecule has 20 heavy (non-hydrogen) atoms. The predicted octanol–water partition coefficient (Wildman–Crippen LogP) is 3.48. The van der Waals surface area contributed by atoms with Crippen molar-refractivity contribution in [2.45, 2.75) is 32.6 Å². The zero-order valence-corrected chi connectivity index (χ0v) is 12.9. The Morgan fingerprint density at radius 1 is 1.25 bits per heavy atom. The molecule has 0 aliphatic rings. The maximum absolute atomic E-state index is 10.9.